The van der Waals surface area contributed by atoms with Crippen LogP contribution in [0.4, 0.5) is 16.4 Å². The van der Waals surface area contributed by atoms with Gasteiger partial charge < -0.3 is 10.2 Å². The Labute approximate surface area is 127 Å². The van der Waals surface area contributed by atoms with Gasteiger partial charge in [0.15, 0.2) is 0 Å². The summed E-state index contributed by atoms with van der Waals surface area (Å²) in [4.78, 5) is 13.7. The topological polar surface area (TPSA) is 58.4 Å². The summed E-state index contributed by atoms with van der Waals surface area (Å²) in [6.07, 6.45) is 2.55. The first kappa shape index (κ1) is 13.9. The van der Waals surface area contributed by atoms with E-state index in [1.807, 2.05) is 0 Å². The molecule has 0 amide bonds. The molecule has 2 heterocycles. The average Bonchev–Trinajstić information content (AvgIpc) is 3.17. The van der Waals surface area contributed by atoms with Crippen LogP contribution in [0.3, 0.4) is 0 Å². The van der Waals surface area contributed by atoms with Gasteiger partial charge in [-0.2, -0.15) is 0 Å². The predicted molar refractivity (Wildman–Crippen MR) is 86.2 cm³/mol. The first-order chi connectivity index (χ1) is 10.2. The van der Waals surface area contributed by atoms with E-state index in [0.29, 0.717) is 6.54 Å². The number of benzene rings is 1. The van der Waals surface area contributed by atoms with Gasteiger partial charge in [0.2, 0.25) is 0 Å². The summed E-state index contributed by atoms with van der Waals surface area (Å²) in [5, 5.41) is 14.1. The lowest BCUT2D eigenvalue weighted by molar-refractivity contribution is -0.380. The smallest absolute Gasteiger partial charge is 0.324 e. The minimum Gasteiger partial charge on any atom is -0.380 e. The van der Waals surface area contributed by atoms with Crippen LogP contribution in [0.2, 0.25) is 0 Å². The Morgan fingerprint density at radius 3 is 2.48 bits per heavy atom. The summed E-state index contributed by atoms with van der Waals surface area (Å²) in [6.45, 7) is 2.90. The molecule has 2 aromatic rings. The molecular weight excluding hydrogens is 286 g/mol. The molecule has 1 N–H and O–H groups in total. The van der Waals surface area contributed by atoms with E-state index in [2.05, 4.69) is 34.5 Å². The number of thiophene rings is 1. The summed E-state index contributed by atoms with van der Waals surface area (Å²) in [7, 11) is 0. The molecule has 5 nitrogen and oxygen atoms in total. The molecule has 0 saturated carbocycles. The summed E-state index contributed by atoms with van der Waals surface area (Å²) < 4.78 is 0. The first-order valence-corrected chi connectivity index (χ1v) is 7.86. The molecule has 1 aromatic carbocycles. The van der Waals surface area contributed by atoms with Gasteiger partial charge in [0, 0.05) is 42.0 Å². The predicted octanol–water partition coefficient (Wildman–Crippen LogP) is 3.87. The highest BCUT2D eigenvalue weighted by molar-refractivity contribution is 7.15. The third-order valence-corrected chi connectivity index (χ3v) is 4.67. The van der Waals surface area contributed by atoms with E-state index in [0.717, 1.165) is 23.7 Å². The number of nitro groups is 1. The number of nitrogens with one attached hydrogen (secondary N) is 1. The summed E-state index contributed by atoms with van der Waals surface area (Å²) in [6, 6.07) is 11.7. The SMILES string of the molecule is O=[N+]([O-])c1ccc(CNc2ccc(N3CCCC3)cc2)s1. The van der Waals surface area contributed by atoms with Gasteiger partial charge in [-0.3, -0.25) is 10.1 Å². The highest BCUT2D eigenvalue weighted by Gasteiger charge is 2.12. The maximum atomic E-state index is 10.6. The second kappa shape index (κ2) is 6.13. The van der Waals surface area contributed by atoms with Crippen molar-refractivity contribution >= 4 is 27.7 Å². The molecule has 1 aliphatic rings. The standard InChI is InChI=1S/C15H17N3O2S/c19-18(20)15-8-7-14(21-15)11-16-12-3-5-13(6-4-12)17-9-1-2-10-17/h3-8,16H,1-2,9-11H2. The van der Waals surface area contributed by atoms with Crippen molar-refractivity contribution in [3.8, 4) is 0 Å². The Balaban J connectivity index is 1.58. The van der Waals surface area contributed by atoms with Crippen LogP contribution in [0, 0.1) is 10.1 Å². The molecule has 6 heteroatoms. The third-order valence-electron chi connectivity index (χ3n) is 3.63. The molecule has 0 radical (unpaired) electrons. The van der Waals surface area contributed by atoms with Crippen LogP contribution in [0.25, 0.3) is 0 Å². The Morgan fingerprint density at radius 1 is 1.14 bits per heavy atom. The average molecular weight is 303 g/mol. The number of anilines is 2. The van der Waals surface area contributed by atoms with E-state index in [4.69, 9.17) is 0 Å². The van der Waals surface area contributed by atoms with Gasteiger partial charge in [0.05, 0.1) is 4.92 Å². The van der Waals surface area contributed by atoms with Gasteiger partial charge in [-0.1, -0.05) is 11.3 Å². The molecule has 1 fully saturated rings. The zero-order valence-corrected chi connectivity index (χ0v) is 12.4. The van der Waals surface area contributed by atoms with Crippen molar-refractivity contribution < 1.29 is 4.92 Å². The van der Waals surface area contributed by atoms with Crippen LogP contribution in [0.5, 0.6) is 0 Å². The number of nitrogens with zero attached hydrogens (tertiary/aromatic N) is 2. The van der Waals surface area contributed by atoms with Gasteiger partial charge in [0.25, 0.3) is 0 Å². The van der Waals surface area contributed by atoms with Crippen molar-refractivity contribution in [3.05, 3.63) is 51.4 Å². The van der Waals surface area contributed by atoms with E-state index in [1.54, 1.807) is 12.1 Å². The number of hydrogen-bond donors (Lipinski definition) is 1. The van der Waals surface area contributed by atoms with Crippen LogP contribution in [-0.2, 0) is 6.54 Å². The second-order valence-electron chi connectivity index (χ2n) is 5.09. The molecule has 1 aromatic heterocycles. The lowest BCUT2D eigenvalue weighted by atomic mass is 10.2. The van der Waals surface area contributed by atoms with E-state index in [9.17, 15) is 10.1 Å². The van der Waals surface area contributed by atoms with Crippen molar-refractivity contribution in [2.24, 2.45) is 0 Å². The van der Waals surface area contributed by atoms with Crippen LogP contribution in [0.1, 0.15) is 17.7 Å². The molecular formula is C15H17N3O2S. The van der Waals surface area contributed by atoms with Gasteiger partial charge in [-0.05, 0) is 43.2 Å². The Kier molecular flexibility index (Phi) is 4.06. The molecule has 0 spiro atoms. The van der Waals surface area contributed by atoms with E-state index in [-0.39, 0.29) is 9.92 Å². The summed E-state index contributed by atoms with van der Waals surface area (Å²) in [5.74, 6) is 0. The van der Waals surface area contributed by atoms with E-state index in [1.165, 1.54) is 29.9 Å². The van der Waals surface area contributed by atoms with Crippen molar-refractivity contribution in [2.45, 2.75) is 19.4 Å². The molecule has 3 rings (SSSR count). The van der Waals surface area contributed by atoms with Gasteiger partial charge >= 0.3 is 5.00 Å². The van der Waals surface area contributed by atoms with Gasteiger partial charge in [-0.25, -0.2) is 0 Å². The Bertz CT molecular complexity index is 618. The van der Waals surface area contributed by atoms with Crippen LogP contribution >= 0.6 is 11.3 Å². The molecule has 1 aliphatic heterocycles. The minimum atomic E-state index is -0.348. The highest BCUT2D eigenvalue weighted by atomic mass is 32.1. The summed E-state index contributed by atoms with van der Waals surface area (Å²) in [5.41, 5.74) is 2.30. The van der Waals surface area contributed by atoms with Crippen LogP contribution < -0.4 is 10.2 Å². The van der Waals surface area contributed by atoms with Crippen LogP contribution in [0.15, 0.2) is 36.4 Å². The maximum absolute atomic E-state index is 10.6. The maximum Gasteiger partial charge on any atom is 0.324 e. The van der Waals surface area contributed by atoms with E-state index >= 15 is 0 Å². The van der Waals surface area contributed by atoms with Crippen molar-refractivity contribution in [1.29, 1.82) is 0 Å². The molecule has 21 heavy (non-hydrogen) atoms. The molecule has 1 saturated heterocycles. The van der Waals surface area contributed by atoms with E-state index < -0.39 is 0 Å². The van der Waals surface area contributed by atoms with Crippen molar-refractivity contribution in [1.82, 2.24) is 0 Å². The number of rotatable bonds is 5. The van der Waals surface area contributed by atoms with Gasteiger partial charge in [0.1, 0.15) is 0 Å². The Morgan fingerprint density at radius 2 is 1.86 bits per heavy atom. The monoisotopic (exact) mass is 303 g/mol. The molecule has 0 atom stereocenters. The zero-order chi connectivity index (χ0) is 14.7. The fourth-order valence-electron chi connectivity index (χ4n) is 2.51. The third kappa shape index (κ3) is 3.33. The quantitative estimate of drug-likeness (QED) is 0.673. The molecule has 110 valence electrons. The normalized spacial score (nSPS) is 14.4. The minimum absolute atomic E-state index is 0.191. The fourth-order valence-corrected chi connectivity index (χ4v) is 3.27. The lowest BCUT2D eigenvalue weighted by Crippen LogP contribution is -2.17. The second-order valence-corrected chi connectivity index (χ2v) is 6.24. The van der Waals surface area contributed by atoms with Gasteiger partial charge in [-0.15, -0.1) is 0 Å². The lowest BCUT2D eigenvalue weighted by Gasteiger charge is -2.17. The van der Waals surface area contributed by atoms with Crippen molar-refractivity contribution in [2.75, 3.05) is 23.3 Å². The highest BCUT2D eigenvalue weighted by Crippen LogP contribution is 2.25. The molecule has 0 aliphatic carbocycles. The molecule has 0 bridgehead atoms. The zero-order valence-electron chi connectivity index (χ0n) is 11.6. The largest absolute Gasteiger partial charge is 0.380 e. The number of hydrogen-bond acceptors (Lipinski definition) is 5. The van der Waals surface area contributed by atoms with Crippen LogP contribution in [-0.4, -0.2) is 18.0 Å². The summed E-state index contributed by atoms with van der Waals surface area (Å²) >= 11 is 1.21. The van der Waals surface area contributed by atoms with Crippen molar-refractivity contribution in [3.63, 3.8) is 0 Å². The Hall–Kier alpha value is -2.08. The first-order valence-electron chi connectivity index (χ1n) is 7.04. The fraction of sp³-hybridized carbons (Fsp3) is 0.333. The molecule has 0 unspecified atom stereocenters.